The third kappa shape index (κ3) is 2.23. The summed E-state index contributed by atoms with van der Waals surface area (Å²) in [6.45, 7) is 0. The summed E-state index contributed by atoms with van der Waals surface area (Å²) < 4.78 is 0. The van der Waals surface area contributed by atoms with E-state index in [2.05, 4.69) is 0 Å². The molecule has 0 heterocycles. The molecule has 0 atom stereocenters. The number of nitrogens with two attached hydrogens (primary N) is 1. The van der Waals surface area contributed by atoms with Crippen LogP contribution in [0, 0.1) is 0 Å². The highest BCUT2D eigenvalue weighted by molar-refractivity contribution is 7.98. The fourth-order valence-corrected chi connectivity index (χ4v) is 1.60. The number of nitrogens with zero attached hydrogens (tertiary/aromatic N) is 1. The second-order valence-corrected chi connectivity index (χ2v) is 3.46. The van der Waals surface area contributed by atoms with Crippen molar-refractivity contribution in [3.05, 3.63) is 29.8 Å². The lowest BCUT2D eigenvalue weighted by atomic mass is 10.2. The number of hydrogen-bond acceptors (Lipinski definition) is 3. The number of thioether (sulfide) groups is 1. The number of amides is 1. The van der Waals surface area contributed by atoms with Gasteiger partial charge < -0.3 is 0 Å². The van der Waals surface area contributed by atoms with Crippen molar-refractivity contribution >= 4 is 17.7 Å². The van der Waals surface area contributed by atoms with E-state index in [9.17, 15) is 4.79 Å². The number of rotatable bonds is 2. The first-order valence-electron chi connectivity index (χ1n) is 3.82. The lowest BCUT2D eigenvalue weighted by Crippen LogP contribution is -2.33. The van der Waals surface area contributed by atoms with E-state index in [1.54, 1.807) is 13.1 Å². The van der Waals surface area contributed by atoms with Crippen LogP contribution in [-0.2, 0) is 0 Å². The van der Waals surface area contributed by atoms with E-state index in [1.165, 1.54) is 11.8 Å². The summed E-state index contributed by atoms with van der Waals surface area (Å²) >= 11 is 1.54. The number of benzene rings is 1. The molecular formula is C9H12N2OS. The van der Waals surface area contributed by atoms with Crippen LogP contribution < -0.4 is 5.84 Å². The Morgan fingerprint density at radius 2 is 2.08 bits per heavy atom. The predicted molar refractivity (Wildman–Crippen MR) is 54.5 cm³/mol. The topological polar surface area (TPSA) is 46.3 Å². The van der Waals surface area contributed by atoms with Crippen molar-refractivity contribution in [3.63, 3.8) is 0 Å². The normalized spacial score (nSPS) is 9.77. The number of hydrogen-bond donors (Lipinski definition) is 1. The quantitative estimate of drug-likeness (QED) is 0.336. The first-order chi connectivity index (χ1) is 6.16. The molecule has 2 N–H and O–H groups in total. The van der Waals surface area contributed by atoms with E-state index in [0.29, 0.717) is 5.56 Å². The SMILES string of the molecule is CSc1ccccc1C(=O)N(C)N. The zero-order chi connectivity index (χ0) is 9.84. The molecule has 0 saturated carbocycles. The Bertz CT molecular complexity index is 312. The molecule has 3 nitrogen and oxygen atoms in total. The van der Waals surface area contributed by atoms with Gasteiger partial charge in [0.05, 0.1) is 5.56 Å². The Hall–Kier alpha value is -1.00. The molecule has 0 unspecified atom stereocenters. The molecule has 13 heavy (non-hydrogen) atoms. The van der Waals surface area contributed by atoms with Crippen LogP contribution in [0.3, 0.4) is 0 Å². The summed E-state index contributed by atoms with van der Waals surface area (Å²) in [5.41, 5.74) is 0.653. The molecule has 1 rings (SSSR count). The third-order valence-electron chi connectivity index (χ3n) is 1.66. The first kappa shape index (κ1) is 10.1. The molecule has 0 bridgehead atoms. The van der Waals surface area contributed by atoms with Gasteiger partial charge in [-0.15, -0.1) is 11.8 Å². The molecular weight excluding hydrogens is 184 g/mol. The monoisotopic (exact) mass is 196 g/mol. The van der Waals surface area contributed by atoms with E-state index in [1.807, 2.05) is 24.5 Å². The van der Waals surface area contributed by atoms with E-state index in [-0.39, 0.29) is 5.91 Å². The zero-order valence-electron chi connectivity index (χ0n) is 7.65. The van der Waals surface area contributed by atoms with Crippen LogP contribution in [-0.4, -0.2) is 24.2 Å². The lowest BCUT2D eigenvalue weighted by molar-refractivity contribution is 0.0792. The van der Waals surface area contributed by atoms with Crippen molar-refractivity contribution in [1.29, 1.82) is 0 Å². The largest absolute Gasteiger partial charge is 0.280 e. The van der Waals surface area contributed by atoms with Crippen molar-refractivity contribution in [2.45, 2.75) is 4.90 Å². The maximum Gasteiger partial charge on any atom is 0.268 e. The van der Waals surface area contributed by atoms with Crippen LogP contribution in [0.15, 0.2) is 29.2 Å². The van der Waals surface area contributed by atoms with Gasteiger partial charge in [-0.25, -0.2) is 5.84 Å². The summed E-state index contributed by atoms with van der Waals surface area (Å²) in [4.78, 5) is 12.5. The zero-order valence-corrected chi connectivity index (χ0v) is 8.47. The highest BCUT2D eigenvalue weighted by atomic mass is 32.2. The first-order valence-corrected chi connectivity index (χ1v) is 5.05. The highest BCUT2D eigenvalue weighted by Gasteiger charge is 2.11. The molecule has 1 amide bonds. The number of hydrazine groups is 1. The molecule has 0 aliphatic carbocycles. The molecule has 70 valence electrons. The fourth-order valence-electron chi connectivity index (χ4n) is 1.01. The molecule has 1 aromatic carbocycles. The molecule has 0 saturated heterocycles. The highest BCUT2D eigenvalue weighted by Crippen LogP contribution is 2.20. The fraction of sp³-hybridized carbons (Fsp3) is 0.222. The molecule has 0 aliphatic heterocycles. The van der Waals surface area contributed by atoms with Gasteiger partial charge in [-0.3, -0.25) is 9.80 Å². The molecule has 0 radical (unpaired) electrons. The molecule has 4 heteroatoms. The summed E-state index contributed by atoms with van der Waals surface area (Å²) in [5.74, 6) is 5.20. The van der Waals surface area contributed by atoms with Crippen molar-refractivity contribution < 1.29 is 4.79 Å². The predicted octanol–water partition coefficient (Wildman–Crippen LogP) is 1.35. The van der Waals surface area contributed by atoms with Gasteiger partial charge in [-0.05, 0) is 18.4 Å². The average molecular weight is 196 g/mol. The summed E-state index contributed by atoms with van der Waals surface area (Å²) in [7, 11) is 1.54. The molecule has 0 fully saturated rings. The van der Waals surface area contributed by atoms with Gasteiger partial charge in [0.1, 0.15) is 0 Å². The Balaban J connectivity index is 3.06. The Morgan fingerprint density at radius 3 is 2.62 bits per heavy atom. The number of carbonyl (C=O) groups is 1. The second kappa shape index (κ2) is 4.30. The summed E-state index contributed by atoms with van der Waals surface area (Å²) in [6, 6.07) is 7.41. The van der Waals surface area contributed by atoms with E-state index in [4.69, 9.17) is 5.84 Å². The maximum absolute atomic E-state index is 11.5. The minimum atomic E-state index is -0.162. The third-order valence-corrected chi connectivity index (χ3v) is 2.45. The van der Waals surface area contributed by atoms with E-state index < -0.39 is 0 Å². The van der Waals surface area contributed by atoms with Crippen molar-refractivity contribution in [2.24, 2.45) is 5.84 Å². The number of carbonyl (C=O) groups excluding carboxylic acids is 1. The van der Waals surface area contributed by atoms with Crippen LogP contribution in [0.25, 0.3) is 0 Å². The molecule has 0 aromatic heterocycles. The van der Waals surface area contributed by atoms with Gasteiger partial charge in [0, 0.05) is 11.9 Å². The van der Waals surface area contributed by atoms with Crippen LogP contribution in [0.2, 0.25) is 0 Å². The standard InChI is InChI=1S/C9H12N2OS/c1-11(10)9(12)7-5-3-4-6-8(7)13-2/h3-6H,10H2,1-2H3. The smallest absolute Gasteiger partial charge is 0.268 e. The summed E-state index contributed by atoms with van der Waals surface area (Å²) in [5, 5.41) is 1.09. The maximum atomic E-state index is 11.5. The Labute approximate surface area is 81.9 Å². The minimum absolute atomic E-state index is 0.162. The molecule has 0 aliphatic rings. The van der Waals surface area contributed by atoms with Crippen molar-refractivity contribution in [1.82, 2.24) is 5.01 Å². The van der Waals surface area contributed by atoms with Gasteiger partial charge >= 0.3 is 0 Å². The van der Waals surface area contributed by atoms with Gasteiger partial charge in [-0.2, -0.15) is 0 Å². The van der Waals surface area contributed by atoms with E-state index >= 15 is 0 Å². The summed E-state index contributed by atoms with van der Waals surface area (Å²) in [6.07, 6.45) is 1.93. The second-order valence-electron chi connectivity index (χ2n) is 2.62. The Morgan fingerprint density at radius 1 is 1.46 bits per heavy atom. The average Bonchev–Trinajstić information content (AvgIpc) is 2.16. The minimum Gasteiger partial charge on any atom is -0.280 e. The Kier molecular flexibility index (Phi) is 3.33. The van der Waals surface area contributed by atoms with Crippen LogP contribution in [0.5, 0.6) is 0 Å². The van der Waals surface area contributed by atoms with Gasteiger partial charge in [0.25, 0.3) is 5.91 Å². The van der Waals surface area contributed by atoms with E-state index in [0.717, 1.165) is 9.90 Å². The van der Waals surface area contributed by atoms with Crippen molar-refractivity contribution in [2.75, 3.05) is 13.3 Å². The lowest BCUT2D eigenvalue weighted by Gasteiger charge is -2.11. The molecule has 1 aromatic rings. The molecule has 0 spiro atoms. The van der Waals surface area contributed by atoms with Gasteiger partial charge in [0.2, 0.25) is 0 Å². The van der Waals surface area contributed by atoms with Gasteiger partial charge in [-0.1, -0.05) is 12.1 Å². The van der Waals surface area contributed by atoms with Crippen LogP contribution in [0.1, 0.15) is 10.4 Å². The van der Waals surface area contributed by atoms with Crippen molar-refractivity contribution in [3.8, 4) is 0 Å². The van der Waals surface area contributed by atoms with Gasteiger partial charge in [0.15, 0.2) is 0 Å². The van der Waals surface area contributed by atoms with Crippen LogP contribution in [0.4, 0.5) is 0 Å². The van der Waals surface area contributed by atoms with Crippen LogP contribution >= 0.6 is 11.8 Å².